The van der Waals surface area contributed by atoms with Crippen molar-refractivity contribution in [3.05, 3.63) is 0 Å². The summed E-state index contributed by atoms with van der Waals surface area (Å²) in [7, 11) is 4.04. The van der Waals surface area contributed by atoms with E-state index in [-0.39, 0.29) is 11.9 Å². The van der Waals surface area contributed by atoms with Gasteiger partial charge in [0, 0.05) is 32.1 Å². The molecule has 0 bridgehead atoms. The van der Waals surface area contributed by atoms with E-state index in [2.05, 4.69) is 25.7 Å². The number of likely N-dealkylation sites (N-methyl/N-ethyl adjacent to an activating group) is 1. The predicted molar refractivity (Wildman–Crippen MR) is 72.9 cm³/mol. The van der Waals surface area contributed by atoms with Crippen LogP contribution in [-0.2, 0) is 4.79 Å². The van der Waals surface area contributed by atoms with E-state index in [4.69, 9.17) is 5.73 Å². The standard InChI is InChI=1S/C13H29N3O/c1-6-7-16(9-8-15(4)5)13(17)10-12(14)11(2)3/h11-12H,6-10,14H2,1-5H3. The van der Waals surface area contributed by atoms with Crippen molar-refractivity contribution in [1.29, 1.82) is 0 Å². The number of amides is 1. The van der Waals surface area contributed by atoms with Crippen molar-refractivity contribution in [3.63, 3.8) is 0 Å². The zero-order chi connectivity index (χ0) is 13.4. The zero-order valence-corrected chi connectivity index (χ0v) is 12.1. The van der Waals surface area contributed by atoms with Crippen LogP contribution in [0, 0.1) is 5.92 Å². The van der Waals surface area contributed by atoms with E-state index < -0.39 is 0 Å². The van der Waals surface area contributed by atoms with Crippen LogP contribution in [0.15, 0.2) is 0 Å². The van der Waals surface area contributed by atoms with E-state index in [0.717, 1.165) is 26.1 Å². The third-order valence-electron chi connectivity index (χ3n) is 2.93. The SMILES string of the molecule is CCCN(CCN(C)C)C(=O)CC(N)C(C)C. The van der Waals surface area contributed by atoms with Gasteiger partial charge in [0.25, 0.3) is 0 Å². The van der Waals surface area contributed by atoms with Gasteiger partial charge in [-0.25, -0.2) is 0 Å². The van der Waals surface area contributed by atoms with Gasteiger partial charge in [0.05, 0.1) is 0 Å². The van der Waals surface area contributed by atoms with Gasteiger partial charge in [0.1, 0.15) is 0 Å². The van der Waals surface area contributed by atoms with Gasteiger partial charge >= 0.3 is 0 Å². The van der Waals surface area contributed by atoms with Crippen LogP contribution in [0.25, 0.3) is 0 Å². The lowest BCUT2D eigenvalue weighted by molar-refractivity contribution is -0.132. The first-order valence-corrected chi connectivity index (χ1v) is 6.56. The number of hydrogen-bond acceptors (Lipinski definition) is 3. The van der Waals surface area contributed by atoms with Gasteiger partial charge in [-0.2, -0.15) is 0 Å². The van der Waals surface area contributed by atoms with Gasteiger partial charge in [0.2, 0.25) is 5.91 Å². The number of hydrogen-bond donors (Lipinski definition) is 1. The third kappa shape index (κ3) is 7.34. The van der Waals surface area contributed by atoms with Crippen LogP contribution in [0.1, 0.15) is 33.6 Å². The van der Waals surface area contributed by atoms with E-state index in [1.54, 1.807) is 0 Å². The summed E-state index contributed by atoms with van der Waals surface area (Å²) in [6, 6.07) is -0.0267. The molecule has 0 rings (SSSR count). The molecular weight excluding hydrogens is 214 g/mol. The fraction of sp³-hybridized carbons (Fsp3) is 0.923. The molecule has 1 atom stereocenters. The van der Waals surface area contributed by atoms with Crippen molar-refractivity contribution in [2.24, 2.45) is 11.7 Å². The Hall–Kier alpha value is -0.610. The van der Waals surface area contributed by atoms with Crippen LogP contribution in [0.4, 0.5) is 0 Å². The number of carbonyl (C=O) groups is 1. The van der Waals surface area contributed by atoms with Crippen LogP contribution < -0.4 is 5.73 Å². The van der Waals surface area contributed by atoms with Crippen molar-refractivity contribution in [2.75, 3.05) is 33.7 Å². The van der Waals surface area contributed by atoms with Gasteiger partial charge in [-0.1, -0.05) is 20.8 Å². The maximum atomic E-state index is 12.1. The molecule has 0 aromatic carbocycles. The number of nitrogens with zero attached hydrogens (tertiary/aromatic N) is 2. The average Bonchev–Trinajstić information content (AvgIpc) is 2.23. The van der Waals surface area contributed by atoms with E-state index in [0.29, 0.717) is 12.3 Å². The fourth-order valence-electron chi connectivity index (χ4n) is 1.52. The lowest BCUT2D eigenvalue weighted by atomic mass is 10.0. The Morgan fingerprint density at radius 3 is 2.18 bits per heavy atom. The summed E-state index contributed by atoms with van der Waals surface area (Å²) in [6.45, 7) is 8.74. The molecule has 2 N–H and O–H groups in total. The quantitative estimate of drug-likeness (QED) is 0.696. The van der Waals surface area contributed by atoms with Crippen LogP contribution in [0.5, 0.6) is 0 Å². The Morgan fingerprint density at radius 2 is 1.76 bits per heavy atom. The number of nitrogens with two attached hydrogens (primary N) is 1. The minimum Gasteiger partial charge on any atom is -0.341 e. The Labute approximate surface area is 106 Å². The lowest BCUT2D eigenvalue weighted by Gasteiger charge is -2.26. The van der Waals surface area contributed by atoms with Crippen molar-refractivity contribution in [2.45, 2.75) is 39.7 Å². The monoisotopic (exact) mass is 243 g/mol. The van der Waals surface area contributed by atoms with Gasteiger partial charge in [-0.15, -0.1) is 0 Å². The maximum absolute atomic E-state index is 12.1. The third-order valence-corrected chi connectivity index (χ3v) is 2.93. The lowest BCUT2D eigenvalue weighted by Crippen LogP contribution is -2.41. The molecule has 1 amide bonds. The van der Waals surface area contributed by atoms with Gasteiger partial charge < -0.3 is 15.5 Å². The molecule has 0 fully saturated rings. The highest BCUT2D eigenvalue weighted by molar-refractivity contribution is 5.76. The highest BCUT2D eigenvalue weighted by Crippen LogP contribution is 2.06. The molecular formula is C13H29N3O. The molecule has 0 saturated carbocycles. The van der Waals surface area contributed by atoms with Gasteiger partial charge in [-0.05, 0) is 26.4 Å². The first-order valence-electron chi connectivity index (χ1n) is 6.56. The second-order valence-corrected chi connectivity index (χ2v) is 5.30. The molecule has 0 heterocycles. The first kappa shape index (κ1) is 16.4. The first-order chi connectivity index (χ1) is 7.88. The predicted octanol–water partition coefficient (Wildman–Crippen LogP) is 1.16. The Morgan fingerprint density at radius 1 is 1.18 bits per heavy atom. The van der Waals surface area contributed by atoms with Crippen LogP contribution in [-0.4, -0.2) is 55.5 Å². The van der Waals surface area contributed by atoms with E-state index in [9.17, 15) is 4.79 Å². The largest absolute Gasteiger partial charge is 0.341 e. The summed E-state index contributed by atoms with van der Waals surface area (Å²) >= 11 is 0. The van der Waals surface area contributed by atoms with E-state index in [1.165, 1.54) is 0 Å². The van der Waals surface area contributed by atoms with Crippen molar-refractivity contribution < 1.29 is 4.79 Å². The van der Waals surface area contributed by atoms with Crippen molar-refractivity contribution in [1.82, 2.24) is 9.80 Å². The second kappa shape index (κ2) is 8.48. The molecule has 0 aromatic heterocycles. The van der Waals surface area contributed by atoms with E-state index in [1.807, 2.05) is 19.0 Å². The zero-order valence-electron chi connectivity index (χ0n) is 12.1. The number of carbonyl (C=O) groups excluding carboxylic acids is 1. The molecule has 0 aliphatic rings. The molecule has 0 spiro atoms. The molecule has 4 heteroatoms. The summed E-state index contributed by atoms with van der Waals surface area (Å²) in [6.07, 6.45) is 1.46. The molecule has 0 aromatic rings. The molecule has 1 unspecified atom stereocenters. The van der Waals surface area contributed by atoms with Crippen molar-refractivity contribution in [3.8, 4) is 0 Å². The Balaban J connectivity index is 4.23. The van der Waals surface area contributed by atoms with Crippen molar-refractivity contribution >= 4 is 5.91 Å². The maximum Gasteiger partial charge on any atom is 0.224 e. The molecule has 0 aliphatic heterocycles. The summed E-state index contributed by atoms with van der Waals surface area (Å²) in [5.41, 5.74) is 5.95. The molecule has 0 radical (unpaired) electrons. The molecule has 102 valence electrons. The smallest absolute Gasteiger partial charge is 0.224 e. The number of rotatable bonds is 8. The summed E-state index contributed by atoms with van der Waals surface area (Å²) in [5, 5.41) is 0. The highest BCUT2D eigenvalue weighted by Gasteiger charge is 2.18. The van der Waals surface area contributed by atoms with Crippen LogP contribution >= 0.6 is 0 Å². The van der Waals surface area contributed by atoms with E-state index >= 15 is 0 Å². The average molecular weight is 243 g/mol. The molecule has 0 aliphatic carbocycles. The minimum absolute atomic E-state index is 0.0267. The minimum atomic E-state index is -0.0267. The topological polar surface area (TPSA) is 49.6 Å². The second-order valence-electron chi connectivity index (χ2n) is 5.30. The summed E-state index contributed by atoms with van der Waals surface area (Å²) in [4.78, 5) is 16.1. The summed E-state index contributed by atoms with van der Waals surface area (Å²) < 4.78 is 0. The molecule has 17 heavy (non-hydrogen) atoms. The van der Waals surface area contributed by atoms with Gasteiger partial charge in [-0.3, -0.25) is 4.79 Å². The Kier molecular flexibility index (Phi) is 8.17. The molecule has 0 saturated heterocycles. The highest BCUT2D eigenvalue weighted by atomic mass is 16.2. The Bertz CT molecular complexity index is 217. The van der Waals surface area contributed by atoms with Gasteiger partial charge in [0.15, 0.2) is 0 Å². The fourth-order valence-corrected chi connectivity index (χ4v) is 1.52. The van der Waals surface area contributed by atoms with Crippen LogP contribution in [0.3, 0.4) is 0 Å². The summed E-state index contributed by atoms with van der Waals surface area (Å²) in [5.74, 6) is 0.547. The molecule has 4 nitrogen and oxygen atoms in total. The van der Waals surface area contributed by atoms with Crippen LogP contribution in [0.2, 0.25) is 0 Å². The normalized spacial score (nSPS) is 13.2.